The fraction of sp³-hybridized carbons (Fsp3) is 0.238. The third-order valence-corrected chi connectivity index (χ3v) is 4.45. The van der Waals surface area contributed by atoms with E-state index in [1.165, 1.54) is 0 Å². The molecule has 0 aromatic heterocycles. The molecule has 1 heterocycles. The zero-order chi connectivity index (χ0) is 20.1. The summed E-state index contributed by atoms with van der Waals surface area (Å²) < 4.78 is 5.07. The number of esters is 1. The topological polar surface area (TPSA) is 99.5 Å². The van der Waals surface area contributed by atoms with Crippen molar-refractivity contribution in [2.45, 2.75) is 13.3 Å². The van der Waals surface area contributed by atoms with Crippen LogP contribution in [0.1, 0.15) is 17.5 Å². The Bertz CT molecular complexity index is 930. The summed E-state index contributed by atoms with van der Waals surface area (Å²) in [7, 11) is 0. The normalized spacial score (nSPS) is 15.8. The number of rotatable bonds is 5. The van der Waals surface area contributed by atoms with Gasteiger partial charge in [0.25, 0.3) is 5.91 Å². The molecule has 1 aliphatic rings. The first-order chi connectivity index (χ1) is 13.5. The molecule has 2 amide bonds. The molecule has 1 atom stereocenters. The van der Waals surface area contributed by atoms with E-state index in [2.05, 4.69) is 5.32 Å². The molecule has 0 saturated carbocycles. The predicted molar refractivity (Wildman–Crippen MR) is 102 cm³/mol. The van der Waals surface area contributed by atoms with Gasteiger partial charge >= 0.3 is 5.97 Å². The minimum atomic E-state index is -0.600. The van der Waals surface area contributed by atoms with Crippen molar-refractivity contribution in [1.82, 2.24) is 0 Å². The fourth-order valence-corrected chi connectivity index (χ4v) is 2.92. The molecule has 1 saturated heterocycles. The standard InChI is InChI=1S/C21H19N3O4/c1-14-2-8-18(9-3-14)24-12-16(10-20(24)26)21(27)28-13-19(25)23-17-6-4-15(11-22)5-7-17/h2-9,16H,10,12-13H2,1H3,(H,23,25)/t16-/m1/s1. The van der Waals surface area contributed by atoms with Gasteiger partial charge in [-0.25, -0.2) is 0 Å². The molecule has 0 spiro atoms. The number of ether oxygens (including phenoxy) is 1. The Morgan fingerprint density at radius 1 is 1.18 bits per heavy atom. The second kappa shape index (κ2) is 8.35. The maximum atomic E-state index is 12.2. The van der Waals surface area contributed by atoms with Crippen molar-refractivity contribution in [1.29, 1.82) is 5.26 Å². The molecule has 7 nitrogen and oxygen atoms in total. The summed E-state index contributed by atoms with van der Waals surface area (Å²) >= 11 is 0. The second-order valence-electron chi connectivity index (χ2n) is 6.59. The van der Waals surface area contributed by atoms with Crippen LogP contribution in [-0.4, -0.2) is 30.9 Å². The van der Waals surface area contributed by atoms with Gasteiger partial charge in [0.2, 0.25) is 5.91 Å². The number of aryl methyl sites for hydroxylation is 1. The Morgan fingerprint density at radius 3 is 2.50 bits per heavy atom. The Balaban J connectivity index is 1.50. The smallest absolute Gasteiger partial charge is 0.311 e. The van der Waals surface area contributed by atoms with Crippen LogP contribution >= 0.6 is 0 Å². The number of nitrogens with one attached hydrogen (secondary N) is 1. The first-order valence-corrected chi connectivity index (χ1v) is 8.80. The molecule has 1 N–H and O–H groups in total. The van der Waals surface area contributed by atoms with Crippen LogP contribution in [0, 0.1) is 24.2 Å². The average molecular weight is 377 g/mol. The summed E-state index contributed by atoms with van der Waals surface area (Å²) in [5.41, 5.74) is 2.80. The Labute approximate surface area is 162 Å². The largest absolute Gasteiger partial charge is 0.455 e. The van der Waals surface area contributed by atoms with E-state index >= 15 is 0 Å². The van der Waals surface area contributed by atoms with Gasteiger partial charge in [0.05, 0.1) is 17.6 Å². The van der Waals surface area contributed by atoms with Gasteiger partial charge in [-0.1, -0.05) is 17.7 Å². The first-order valence-electron chi connectivity index (χ1n) is 8.80. The van der Waals surface area contributed by atoms with Crippen LogP contribution in [0.4, 0.5) is 11.4 Å². The van der Waals surface area contributed by atoms with Gasteiger partial charge in [-0.05, 0) is 43.3 Å². The zero-order valence-electron chi connectivity index (χ0n) is 15.3. The van der Waals surface area contributed by atoms with Crippen molar-refractivity contribution in [3.8, 4) is 6.07 Å². The van der Waals surface area contributed by atoms with Gasteiger partial charge in [-0.3, -0.25) is 14.4 Å². The third-order valence-electron chi connectivity index (χ3n) is 4.45. The number of nitrogens with zero attached hydrogens (tertiary/aromatic N) is 2. The predicted octanol–water partition coefficient (Wildman–Crippen LogP) is 2.40. The highest BCUT2D eigenvalue weighted by molar-refractivity contribution is 6.00. The molecule has 1 aliphatic heterocycles. The van der Waals surface area contributed by atoms with E-state index in [0.29, 0.717) is 11.3 Å². The molecule has 2 aromatic carbocycles. The lowest BCUT2D eigenvalue weighted by Crippen LogP contribution is -2.28. The third kappa shape index (κ3) is 4.54. The summed E-state index contributed by atoms with van der Waals surface area (Å²) in [4.78, 5) is 38.0. The molecular formula is C21H19N3O4. The van der Waals surface area contributed by atoms with E-state index < -0.39 is 24.4 Å². The van der Waals surface area contributed by atoms with Crippen molar-refractivity contribution in [3.63, 3.8) is 0 Å². The van der Waals surface area contributed by atoms with E-state index in [4.69, 9.17) is 10.00 Å². The number of amides is 2. The Kier molecular flexibility index (Phi) is 5.70. The summed E-state index contributed by atoms with van der Waals surface area (Å²) in [5.74, 6) is -1.81. The van der Waals surface area contributed by atoms with Crippen LogP contribution in [0.25, 0.3) is 0 Å². The van der Waals surface area contributed by atoms with E-state index in [-0.39, 0.29) is 18.9 Å². The minimum Gasteiger partial charge on any atom is -0.455 e. The quantitative estimate of drug-likeness (QED) is 0.807. The van der Waals surface area contributed by atoms with Gasteiger partial charge in [0, 0.05) is 24.3 Å². The van der Waals surface area contributed by atoms with E-state index in [1.807, 2.05) is 37.3 Å². The number of anilines is 2. The van der Waals surface area contributed by atoms with Crippen LogP contribution < -0.4 is 10.2 Å². The highest BCUT2D eigenvalue weighted by Crippen LogP contribution is 2.26. The minimum absolute atomic E-state index is 0.0595. The molecule has 7 heteroatoms. The lowest BCUT2D eigenvalue weighted by atomic mass is 10.1. The molecule has 0 unspecified atom stereocenters. The summed E-state index contributed by atoms with van der Waals surface area (Å²) in [6.07, 6.45) is 0.0595. The highest BCUT2D eigenvalue weighted by atomic mass is 16.5. The van der Waals surface area contributed by atoms with Gasteiger partial charge in [-0.2, -0.15) is 5.26 Å². The molecule has 0 aliphatic carbocycles. The van der Waals surface area contributed by atoms with Crippen molar-refractivity contribution in [2.24, 2.45) is 5.92 Å². The fourth-order valence-electron chi connectivity index (χ4n) is 2.92. The maximum Gasteiger partial charge on any atom is 0.311 e. The molecule has 28 heavy (non-hydrogen) atoms. The summed E-state index contributed by atoms with van der Waals surface area (Å²) in [5, 5.41) is 11.3. The average Bonchev–Trinajstić information content (AvgIpc) is 3.09. The van der Waals surface area contributed by atoms with Crippen molar-refractivity contribution in [3.05, 3.63) is 59.7 Å². The zero-order valence-corrected chi connectivity index (χ0v) is 15.3. The monoisotopic (exact) mass is 377 g/mol. The van der Waals surface area contributed by atoms with E-state index in [0.717, 1.165) is 11.3 Å². The Hall–Kier alpha value is -3.66. The SMILES string of the molecule is Cc1ccc(N2C[C@H](C(=O)OCC(=O)Nc3ccc(C#N)cc3)CC2=O)cc1. The van der Waals surface area contributed by atoms with Crippen molar-refractivity contribution in [2.75, 3.05) is 23.4 Å². The van der Waals surface area contributed by atoms with E-state index in [9.17, 15) is 14.4 Å². The van der Waals surface area contributed by atoms with Gasteiger partial charge in [0.15, 0.2) is 6.61 Å². The van der Waals surface area contributed by atoms with Gasteiger partial charge < -0.3 is 15.0 Å². The molecule has 1 fully saturated rings. The molecule has 0 radical (unpaired) electrons. The van der Waals surface area contributed by atoms with Crippen LogP contribution in [-0.2, 0) is 19.1 Å². The lowest BCUT2D eigenvalue weighted by Gasteiger charge is -2.16. The number of hydrogen-bond acceptors (Lipinski definition) is 5. The number of carbonyl (C=O) groups excluding carboxylic acids is 3. The lowest BCUT2D eigenvalue weighted by molar-refractivity contribution is -0.151. The first kappa shape index (κ1) is 19.1. The molecule has 3 rings (SSSR count). The molecule has 142 valence electrons. The van der Waals surface area contributed by atoms with Crippen LogP contribution in [0.15, 0.2) is 48.5 Å². The molecular weight excluding hydrogens is 358 g/mol. The number of hydrogen-bond donors (Lipinski definition) is 1. The van der Waals surface area contributed by atoms with Crippen LogP contribution in [0.2, 0.25) is 0 Å². The number of carbonyl (C=O) groups is 3. The van der Waals surface area contributed by atoms with Crippen LogP contribution in [0.5, 0.6) is 0 Å². The summed E-state index contributed by atoms with van der Waals surface area (Å²) in [6, 6.07) is 15.8. The molecule has 2 aromatic rings. The molecule has 0 bridgehead atoms. The second-order valence-corrected chi connectivity index (χ2v) is 6.59. The van der Waals surface area contributed by atoms with Gasteiger partial charge in [0.1, 0.15) is 0 Å². The van der Waals surface area contributed by atoms with Crippen molar-refractivity contribution < 1.29 is 19.1 Å². The van der Waals surface area contributed by atoms with Crippen molar-refractivity contribution >= 4 is 29.2 Å². The van der Waals surface area contributed by atoms with E-state index in [1.54, 1.807) is 29.2 Å². The van der Waals surface area contributed by atoms with Crippen LogP contribution in [0.3, 0.4) is 0 Å². The highest BCUT2D eigenvalue weighted by Gasteiger charge is 2.36. The van der Waals surface area contributed by atoms with Gasteiger partial charge in [-0.15, -0.1) is 0 Å². The Morgan fingerprint density at radius 2 is 1.86 bits per heavy atom. The maximum absolute atomic E-state index is 12.2. The number of nitriles is 1. The number of benzene rings is 2. The summed E-state index contributed by atoms with van der Waals surface area (Å²) in [6.45, 7) is 1.75.